The molecular weight excluding hydrogens is 444 g/mol. The topological polar surface area (TPSA) is 177 Å². The van der Waals surface area contributed by atoms with Gasteiger partial charge in [-0.15, -0.1) is 0 Å². The molecule has 0 spiro atoms. The third-order valence-corrected chi connectivity index (χ3v) is 5.97. The number of primary amides is 1. The van der Waals surface area contributed by atoms with Crippen molar-refractivity contribution in [3.8, 4) is 0 Å². The zero-order valence-electron chi connectivity index (χ0n) is 20.8. The fourth-order valence-corrected chi connectivity index (χ4v) is 3.81. The van der Waals surface area contributed by atoms with Crippen molar-refractivity contribution in [2.45, 2.75) is 90.8 Å². The minimum absolute atomic E-state index is 0.0884. The van der Waals surface area contributed by atoms with Crippen LogP contribution in [-0.2, 0) is 23.9 Å². The van der Waals surface area contributed by atoms with Crippen LogP contribution in [0.2, 0.25) is 0 Å². The molecule has 11 nitrogen and oxygen atoms in total. The van der Waals surface area contributed by atoms with E-state index in [-0.39, 0.29) is 23.7 Å². The van der Waals surface area contributed by atoms with Gasteiger partial charge in [0.05, 0.1) is 6.42 Å². The van der Waals surface area contributed by atoms with E-state index in [4.69, 9.17) is 15.6 Å². The van der Waals surface area contributed by atoms with E-state index in [0.29, 0.717) is 38.6 Å². The van der Waals surface area contributed by atoms with Gasteiger partial charge in [-0.05, 0) is 58.3 Å². The molecule has 0 bridgehead atoms. The first-order valence-electron chi connectivity index (χ1n) is 11.8. The van der Waals surface area contributed by atoms with Crippen LogP contribution in [-0.4, -0.2) is 59.1 Å². The fraction of sp³-hybridized carbons (Fsp3) is 0.783. The molecule has 0 unspecified atom stereocenters. The largest absolute Gasteiger partial charge is 0.480 e. The van der Waals surface area contributed by atoms with E-state index in [0.717, 1.165) is 0 Å². The summed E-state index contributed by atoms with van der Waals surface area (Å²) in [6.07, 6.45) is 2.04. The van der Waals surface area contributed by atoms with Gasteiger partial charge in [-0.3, -0.25) is 14.4 Å². The summed E-state index contributed by atoms with van der Waals surface area (Å²) in [7, 11) is 0. The normalized spacial score (nSPS) is 20.9. The van der Waals surface area contributed by atoms with Gasteiger partial charge in [0.15, 0.2) is 0 Å². The highest BCUT2D eigenvalue weighted by Gasteiger charge is 2.32. The van der Waals surface area contributed by atoms with E-state index in [1.54, 1.807) is 20.8 Å². The Morgan fingerprint density at radius 2 is 1.65 bits per heavy atom. The van der Waals surface area contributed by atoms with Crippen molar-refractivity contribution in [3.63, 3.8) is 0 Å². The lowest BCUT2D eigenvalue weighted by atomic mass is 9.81. The zero-order chi connectivity index (χ0) is 26.1. The number of nitrogens with two attached hydrogens (primary N) is 1. The van der Waals surface area contributed by atoms with Crippen molar-refractivity contribution >= 4 is 29.8 Å². The number of rotatable bonds is 11. The number of amides is 4. The molecule has 0 radical (unpaired) electrons. The maximum atomic E-state index is 12.8. The molecule has 0 heterocycles. The first-order chi connectivity index (χ1) is 15.7. The molecule has 4 amide bonds. The van der Waals surface area contributed by atoms with Crippen molar-refractivity contribution < 1.29 is 33.8 Å². The van der Waals surface area contributed by atoms with Crippen LogP contribution in [0.15, 0.2) is 0 Å². The summed E-state index contributed by atoms with van der Waals surface area (Å²) in [5, 5.41) is 17.1. The van der Waals surface area contributed by atoms with Gasteiger partial charge in [0.2, 0.25) is 17.7 Å². The molecule has 0 aromatic heterocycles. The van der Waals surface area contributed by atoms with E-state index in [9.17, 15) is 24.0 Å². The fourth-order valence-electron chi connectivity index (χ4n) is 3.81. The van der Waals surface area contributed by atoms with Gasteiger partial charge in [-0.2, -0.15) is 0 Å². The Kier molecular flexibility index (Phi) is 11.3. The number of carbonyl (C=O) groups excluding carboxylic acids is 4. The molecular formula is C23H40N4O7. The van der Waals surface area contributed by atoms with E-state index in [1.165, 1.54) is 0 Å². The molecule has 1 aliphatic rings. The second-order valence-corrected chi connectivity index (χ2v) is 10.0. The average molecular weight is 485 g/mol. The lowest BCUT2D eigenvalue weighted by molar-refractivity contribution is -0.144. The van der Waals surface area contributed by atoms with Crippen LogP contribution < -0.4 is 21.7 Å². The van der Waals surface area contributed by atoms with Crippen molar-refractivity contribution in [1.82, 2.24) is 16.0 Å². The molecule has 6 N–H and O–H groups in total. The van der Waals surface area contributed by atoms with Crippen molar-refractivity contribution in [2.24, 2.45) is 23.5 Å². The van der Waals surface area contributed by atoms with Crippen LogP contribution in [0.4, 0.5) is 4.79 Å². The lowest BCUT2D eigenvalue weighted by Crippen LogP contribution is -2.52. The molecule has 0 aromatic rings. The highest BCUT2D eigenvalue weighted by molar-refractivity contribution is 5.89. The predicted molar refractivity (Wildman–Crippen MR) is 124 cm³/mol. The van der Waals surface area contributed by atoms with E-state index >= 15 is 0 Å². The van der Waals surface area contributed by atoms with E-state index in [2.05, 4.69) is 16.0 Å². The summed E-state index contributed by atoms with van der Waals surface area (Å²) < 4.78 is 5.27. The molecule has 1 aliphatic carbocycles. The number of alkyl carbamates (subject to hydrolysis) is 1. The number of ether oxygens (including phenoxy) is 1. The summed E-state index contributed by atoms with van der Waals surface area (Å²) >= 11 is 0. The maximum absolute atomic E-state index is 12.8. The van der Waals surface area contributed by atoms with Crippen LogP contribution in [0.1, 0.15) is 73.1 Å². The summed E-state index contributed by atoms with van der Waals surface area (Å²) in [6.45, 7) is 9.49. The second-order valence-electron chi connectivity index (χ2n) is 10.0. The molecule has 0 aliphatic heterocycles. The molecule has 11 heteroatoms. The zero-order valence-corrected chi connectivity index (χ0v) is 20.8. The van der Waals surface area contributed by atoms with Crippen molar-refractivity contribution in [2.75, 3.05) is 6.54 Å². The molecule has 1 fully saturated rings. The van der Waals surface area contributed by atoms with E-state index < -0.39 is 48.0 Å². The van der Waals surface area contributed by atoms with E-state index in [1.807, 2.05) is 13.8 Å². The standard InChI is InChI=1S/C23H40N4O7/c1-6-13(2)18(27-22(33)34-23(3,4)5)20(30)25-12-14-7-9-15(10-8-14)19(29)26-16(21(31)32)11-17(24)28/h13-16,18H,6-12H2,1-5H3,(H2,24,28)(H,25,30)(H,26,29)(H,27,33)(H,31,32)/t13-,14?,15?,16-,18+/m1/s1. The molecule has 34 heavy (non-hydrogen) atoms. The third kappa shape index (κ3) is 10.4. The quantitative estimate of drug-likeness (QED) is 0.293. The summed E-state index contributed by atoms with van der Waals surface area (Å²) in [6, 6.07) is -2.06. The predicted octanol–water partition coefficient (Wildman–Crippen LogP) is 1.29. The van der Waals surface area contributed by atoms with Gasteiger partial charge < -0.3 is 31.5 Å². The lowest BCUT2D eigenvalue weighted by Gasteiger charge is -2.30. The first kappa shape index (κ1) is 29.2. The molecule has 194 valence electrons. The Labute approximate surface area is 200 Å². The minimum Gasteiger partial charge on any atom is -0.480 e. The van der Waals surface area contributed by atoms with Crippen LogP contribution in [0.25, 0.3) is 0 Å². The monoisotopic (exact) mass is 484 g/mol. The number of aliphatic carboxylic acids is 1. The summed E-state index contributed by atoms with van der Waals surface area (Å²) in [5.41, 5.74) is 4.37. The van der Waals surface area contributed by atoms with Crippen LogP contribution >= 0.6 is 0 Å². The van der Waals surface area contributed by atoms with Crippen molar-refractivity contribution in [3.05, 3.63) is 0 Å². The number of carboxylic acids is 1. The highest BCUT2D eigenvalue weighted by atomic mass is 16.6. The summed E-state index contributed by atoms with van der Waals surface area (Å²) in [4.78, 5) is 59.6. The molecule has 0 aromatic carbocycles. The van der Waals surface area contributed by atoms with Gasteiger partial charge in [0.1, 0.15) is 17.7 Å². The maximum Gasteiger partial charge on any atom is 0.408 e. The van der Waals surface area contributed by atoms with Gasteiger partial charge in [-0.1, -0.05) is 20.3 Å². The van der Waals surface area contributed by atoms with Crippen LogP contribution in [0, 0.1) is 17.8 Å². The SMILES string of the molecule is CC[C@@H](C)[C@H](NC(=O)OC(C)(C)C)C(=O)NCC1CCC(C(=O)N[C@H](CC(N)=O)C(=O)O)CC1. The van der Waals surface area contributed by atoms with Gasteiger partial charge >= 0.3 is 12.1 Å². The Hall–Kier alpha value is -2.85. The number of carboxylic acid groups (broad SMARTS) is 1. The van der Waals surface area contributed by atoms with Gasteiger partial charge in [0.25, 0.3) is 0 Å². The Morgan fingerprint density at radius 3 is 2.12 bits per heavy atom. The van der Waals surface area contributed by atoms with Gasteiger partial charge in [0, 0.05) is 12.5 Å². The van der Waals surface area contributed by atoms with Crippen molar-refractivity contribution in [1.29, 1.82) is 0 Å². The number of nitrogens with one attached hydrogen (secondary N) is 3. The van der Waals surface area contributed by atoms with Crippen LogP contribution in [0.3, 0.4) is 0 Å². The molecule has 1 rings (SSSR count). The first-order valence-corrected chi connectivity index (χ1v) is 11.8. The molecule has 0 saturated heterocycles. The minimum atomic E-state index is -1.34. The highest BCUT2D eigenvalue weighted by Crippen LogP contribution is 2.28. The molecule has 1 saturated carbocycles. The second kappa shape index (κ2) is 13.1. The average Bonchev–Trinajstić information content (AvgIpc) is 2.73. The Morgan fingerprint density at radius 1 is 1.06 bits per heavy atom. The Bertz CT molecular complexity index is 742. The Balaban J connectivity index is 2.55. The van der Waals surface area contributed by atoms with Crippen LogP contribution in [0.5, 0.6) is 0 Å². The number of carbonyl (C=O) groups is 5. The molecule has 3 atom stereocenters. The number of hydrogen-bond acceptors (Lipinski definition) is 6. The van der Waals surface area contributed by atoms with Gasteiger partial charge in [-0.25, -0.2) is 9.59 Å². The third-order valence-electron chi connectivity index (χ3n) is 5.97. The summed E-state index contributed by atoms with van der Waals surface area (Å²) in [5.74, 6) is -3.08. The number of hydrogen-bond donors (Lipinski definition) is 5. The smallest absolute Gasteiger partial charge is 0.408 e.